The van der Waals surface area contributed by atoms with Gasteiger partial charge in [-0.05, 0) is 36.5 Å². The summed E-state index contributed by atoms with van der Waals surface area (Å²) in [6.07, 6.45) is 6.86. The molecule has 2 rings (SSSR count). The van der Waals surface area contributed by atoms with E-state index in [2.05, 4.69) is 35.3 Å². The summed E-state index contributed by atoms with van der Waals surface area (Å²) >= 11 is 0. The number of aromatic nitrogens is 3. The van der Waals surface area contributed by atoms with E-state index in [0.29, 0.717) is 18.9 Å². The van der Waals surface area contributed by atoms with Crippen LogP contribution < -0.4 is 5.32 Å². The van der Waals surface area contributed by atoms with Crippen LogP contribution >= 0.6 is 0 Å². The first-order valence-electron chi connectivity index (χ1n) is 8.13. The highest BCUT2D eigenvalue weighted by Gasteiger charge is 2.17. The van der Waals surface area contributed by atoms with Gasteiger partial charge in [-0.25, -0.2) is 0 Å². The molecule has 0 radical (unpaired) electrons. The largest absolute Gasteiger partial charge is 0.355 e. The molecule has 5 nitrogen and oxygen atoms in total. The van der Waals surface area contributed by atoms with Crippen molar-refractivity contribution in [2.75, 3.05) is 6.54 Å². The van der Waals surface area contributed by atoms with Crippen LogP contribution in [0.4, 0.5) is 0 Å². The van der Waals surface area contributed by atoms with Crippen LogP contribution in [0.15, 0.2) is 30.7 Å². The van der Waals surface area contributed by atoms with Crippen molar-refractivity contribution in [2.45, 2.75) is 39.5 Å². The average Bonchev–Trinajstić information content (AvgIpc) is 2.84. The van der Waals surface area contributed by atoms with E-state index in [1.165, 1.54) is 5.56 Å². The molecule has 1 N–H and O–H groups in total. The summed E-state index contributed by atoms with van der Waals surface area (Å²) in [6.45, 7) is 6.96. The number of rotatable bonds is 7. The first-order valence-corrected chi connectivity index (χ1v) is 8.13. The van der Waals surface area contributed by atoms with Crippen LogP contribution in [0.1, 0.15) is 43.0 Å². The van der Waals surface area contributed by atoms with E-state index in [1.807, 2.05) is 32.4 Å². The molecule has 0 aliphatic heterocycles. The average molecular weight is 314 g/mol. The number of carbonyl (C=O) groups excluding carboxylic acids is 1. The second kappa shape index (κ2) is 7.90. The summed E-state index contributed by atoms with van der Waals surface area (Å²) in [4.78, 5) is 16.3. The van der Waals surface area contributed by atoms with Crippen molar-refractivity contribution in [3.05, 3.63) is 47.5 Å². The van der Waals surface area contributed by atoms with Crippen molar-refractivity contribution >= 4 is 5.91 Å². The third-order valence-electron chi connectivity index (χ3n) is 4.17. The highest BCUT2D eigenvalue weighted by molar-refractivity contribution is 5.76. The molecule has 5 heteroatoms. The molecule has 2 aromatic rings. The maximum absolute atomic E-state index is 12.1. The van der Waals surface area contributed by atoms with Gasteiger partial charge in [-0.15, -0.1) is 0 Å². The second-order valence-corrected chi connectivity index (χ2v) is 6.35. The molecular weight excluding hydrogens is 288 g/mol. The smallest absolute Gasteiger partial charge is 0.220 e. The van der Waals surface area contributed by atoms with E-state index < -0.39 is 0 Å². The SMILES string of the molecule is Cc1nn(C)cc1CCC(=O)NC[C@@H](c1cccnc1)C(C)C. The number of amides is 1. The zero-order valence-electron chi connectivity index (χ0n) is 14.4. The van der Waals surface area contributed by atoms with Crippen molar-refractivity contribution < 1.29 is 4.79 Å². The summed E-state index contributed by atoms with van der Waals surface area (Å²) in [5.74, 6) is 0.815. The molecule has 0 aromatic carbocycles. The minimum absolute atomic E-state index is 0.0859. The van der Waals surface area contributed by atoms with Gasteiger partial charge < -0.3 is 5.32 Å². The molecule has 0 aliphatic carbocycles. The number of hydrogen-bond donors (Lipinski definition) is 1. The number of nitrogens with one attached hydrogen (secondary N) is 1. The van der Waals surface area contributed by atoms with Gasteiger partial charge >= 0.3 is 0 Å². The van der Waals surface area contributed by atoms with Crippen molar-refractivity contribution in [1.29, 1.82) is 0 Å². The maximum Gasteiger partial charge on any atom is 0.220 e. The van der Waals surface area contributed by atoms with E-state index in [1.54, 1.807) is 10.9 Å². The van der Waals surface area contributed by atoms with E-state index in [4.69, 9.17) is 0 Å². The van der Waals surface area contributed by atoms with Crippen molar-refractivity contribution in [3.63, 3.8) is 0 Å². The minimum Gasteiger partial charge on any atom is -0.355 e. The second-order valence-electron chi connectivity index (χ2n) is 6.35. The summed E-state index contributed by atoms with van der Waals surface area (Å²) in [7, 11) is 1.90. The molecule has 0 fully saturated rings. The topological polar surface area (TPSA) is 59.8 Å². The molecule has 0 unspecified atom stereocenters. The van der Waals surface area contributed by atoms with Crippen LogP contribution in [-0.4, -0.2) is 27.2 Å². The molecule has 124 valence electrons. The molecule has 1 atom stereocenters. The van der Waals surface area contributed by atoms with Gasteiger partial charge in [0.1, 0.15) is 0 Å². The monoisotopic (exact) mass is 314 g/mol. The van der Waals surface area contributed by atoms with Gasteiger partial charge in [0.15, 0.2) is 0 Å². The van der Waals surface area contributed by atoms with Crippen molar-refractivity contribution in [1.82, 2.24) is 20.1 Å². The first-order chi connectivity index (χ1) is 11.0. The van der Waals surface area contributed by atoms with E-state index in [0.717, 1.165) is 17.7 Å². The standard InChI is InChI=1S/C18H26N4O/c1-13(2)17(15-6-5-9-19-10-15)11-20-18(23)8-7-16-12-22(4)21-14(16)3/h5-6,9-10,12-13,17H,7-8,11H2,1-4H3,(H,20,23)/t17-/m1/s1. The quantitative estimate of drug-likeness (QED) is 0.854. The van der Waals surface area contributed by atoms with E-state index in [9.17, 15) is 4.79 Å². The zero-order chi connectivity index (χ0) is 16.8. The Morgan fingerprint density at radius 1 is 1.39 bits per heavy atom. The third-order valence-corrected chi connectivity index (χ3v) is 4.17. The molecule has 0 saturated carbocycles. The Labute approximate surface area is 138 Å². The number of carbonyl (C=O) groups is 1. The predicted octanol–water partition coefficient (Wildman–Crippen LogP) is 2.61. The van der Waals surface area contributed by atoms with Crippen LogP contribution in [0, 0.1) is 12.8 Å². The molecule has 0 spiro atoms. The van der Waals surface area contributed by atoms with Crippen LogP contribution in [0.25, 0.3) is 0 Å². The van der Waals surface area contributed by atoms with Crippen molar-refractivity contribution in [3.8, 4) is 0 Å². The lowest BCUT2D eigenvalue weighted by Crippen LogP contribution is -2.30. The predicted molar refractivity (Wildman–Crippen MR) is 91.1 cm³/mol. The van der Waals surface area contributed by atoms with Gasteiger partial charge in [0.05, 0.1) is 5.69 Å². The lowest BCUT2D eigenvalue weighted by Gasteiger charge is -2.21. The van der Waals surface area contributed by atoms with Crippen LogP contribution in [-0.2, 0) is 18.3 Å². The van der Waals surface area contributed by atoms with Crippen LogP contribution in [0.5, 0.6) is 0 Å². The Morgan fingerprint density at radius 3 is 2.74 bits per heavy atom. The van der Waals surface area contributed by atoms with Gasteiger partial charge in [-0.2, -0.15) is 5.10 Å². The summed E-state index contributed by atoms with van der Waals surface area (Å²) < 4.78 is 1.79. The highest BCUT2D eigenvalue weighted by atomic mass is 16.1. The Balaban J connectivity index is 1.86. The molecule has 0 aliphatic rings. The Hall–Kier alpha value is -2.17. The number of aryl methyl sites for hydroxylation is 3. The fraction of sp³-hybridized carbons (Fsp3) is 0.500. The minimum atomic E-state index is 0.0859. The highest BCUT2D eigenvalue weighted by Crippen LogP contribution is 2.22. The molecule has 0 saturated heterocycles. The maximum atomic E-state index is 12.1. The molecular formula is C18H26N4O. The third kappa shape index (κ3) is 4.91. The molecule has 0 bridgehead atoms. The van der Waals surface area contributed by atoms with Gasteiger partial charge in [0.2, 0.25) is 5.91 Å². The number of pyridine rings is 1. The number of nitrogens with zero attached hydrogens (tertiary/aromatic N) is 3. The zero-order valence-corrected chi connectivity index (χ0v) is 14.4. The summed E-state index contributed by atoms with van der Waals surface area (Å²) in [5.41, 5.74) is 3.30. The Kier molecular flexibility index (Phi) is 5.90. The van der Waals surface area contributed by atoms with Gasteiger partial charge in [0.25, 0.3) is 0 Å². The van der Waals surface area contributed by atoms with E-state index in [-0.39, 0.29) is 11.8 Å². The lowest BCUT2D eigenvalue weighted by atomic mass is 9.89. The fourth-order valence-corrected chi connectivity index (χ4v) is 2.79. The van der Waals surface area contributed by atoms with E-state index >= 15 is 0 Å². The van der Waals surface area contributed by atoms with Crippen LogP contribution in [0.2, 0.25) is 0 Å². The van der Waals surface area contributed by atoms with Crippen LogP contribution in [0.3, 0.4) is 0 Å². The van der Waals surface area contributed by atoms with Gasteiger partial charge in [-0.1, -0.05) is 19.9 Å². The van der Waals surface area contributed by atoms with Gasteiger partial charge in [-0.3, -0.25) is 14.5 Å². The number of hydrogen-bond acceptors (Lipinski definition) is 3. The lowest BCUT2D eigenvalue weighted by molar-refractivity contribution is -0.121. The molecule has 2 aromatic heterocycles. The Morgan fingerprint density at radius 2 is 2.17 bits per heavy atom. The van der Waals surface area contributed by atoms with Gasteiger partial charge in [0, 0.05) is 44.5 Å². The normalized spacial score (nSPS) is 12.4. The fourth-order valence-electron chi connectivity index (χ4n) is 2.79. The molecule has 1 amide bonds. The Bertz CT molecular complexity index is 634. The molecule has 2 heterocycles. The summed E-state index contributed by atoms with van der Waals surface area (Å²) in [5, 5.41) is 7.37. The first kappa shape index (κ1) is 17.2. The van der Waals surface area contributed by atoms with Crippen molar-refractivity contribution in [2.24, 2.45) is 13.0 Å². The molecule has 23 heavy (non-hydrogen) atoms. The summed E-state index contributed by atoms with van der Waals surface area (Å²) in [6, 6.07) is 4.01.